The number of sulfonamides is 1. The lowest BCUT2D eigenvalue weighted by Gasteiger charge is -2.37. The van der Waals surface area contributed by atoms with Crippen molar-refractivity contribution < 1.29 is 32.2 Å². The minimum Gasteiger partial charge on any atom is -0.394 e. The van der Waals surface area contributed by atoms with Gasteiger partial charge in [0, 0.05) is 25.7 Å². The van der Waals surface area contributed by atoms with Crippen molar-refractivity contribution in [2.75, 3.05) is 26.4 Å². The van der Waals surface area contributed by atoms with E-state index in [1.54, 1.807) is 0 Å². The predicted octanol–water partition coefficient (Wildman–Crippen LogP) is 0.945. The number of carbonyl (C=O) groups is 1. The molecule has 3 N–H and O–H groups in total. The summed E-state index contributed by atoms with van der Waals surface area (Å²) in [7, 11) is -3.72. The number of nitrogens with one attached hydrogen (secondary N) is 2. The maximum absolute atomic E-state index is 13.0. The summed E-state index contributed by atoms with van der Waals surface area (Å²) in [5.41, 5.74) is 0. The summed E-state index contributed by atoms with van der Waals surface area (Å²) in [4.78, 5) is 12.4. The normalized spacial score (nSPS) is 25.7. The van der Waals surface area contributed by atoms with Crippen LogP contribution in [0.2, 0.25) is 0 Å². The topological polar surface area (TPSA) is 114 Å². The molecule has 2 heterocycles. The lowest BCUT2D eigenvalue weighted by molar-refractivity contribution is -0.134. The van der Waals surface area contributed by atoms with E-state index in [4.69, 9.17) is 9.47 Å². The average Bonchev–Trinajstić information content (AvgIpc) is 2.75. The molecule has 1 amide bonds. The molecule has 2 saturated heterocycles. The standard InChI is InChI=1S/C20H29FN2O6S/c21-15-1-4-17(5-2-15)30(26,27)22-10-7-16-3-6-18(19(13-24)29-16)23-20(25)14-8-11-28-12-9-14/h1-2,4-5,14,16,18-19,22,24H,3,6-13H2,(H,23,25)/t16-,18+,19-/m0/s1. The van der Waals surface area contributed by atoms with Crippen molar-refractivity contribution in [2.45, 2.75) is 55.2 Å². The largest absolute Gasteiger partial charge is 0.394 e. The van der Waals surface area contributed by atoms with Gasteiger partial charge < -0.3 is 19.9 Å². The van der Waals surface area contributed by atoms with Gasteiger partial charge in [-0.1, -0.05) is 0 Å². The van der Waals surface area contributed by atoms with Crippen LogP contribution in [0.5, 0.6) is 0 Å². The molecule has 2 aliphatic rings. The number of hydrogen-bond donors (Lipinski definition) is 3. The quantitative estimate of drug-likeness (QED) is 0.550. The monoisotopic (exact) mass is 444 g/mol. The SMILES string of the molecule is O=C(N[C@@H]1CC[C@@H](CCNS(=O)(=O)c2ccc(F)cc2)O[C@H]1CO)C1CCOCC1. The molecule has 1 aromatic rings. The highest BCUT2D eigenvalue weighted by atomic mass is 32.2. The van der Waals surface area contributed by atoms with E-state index in [0.717, 1.165) is 12.1 Å². The first-order valence-electron chi connectivity index (χ1n) is 10.3. The Morgan fingerprint density at radius 3 is 2.50 bits per heavy atom. The van der Waals surface area contributed by atoms with E-state index in [0.29, 0.717) is 45.3 Å². The summed E-state index contributed by atoms with van der Waals surface area (Å²) in [6.07, 6.45) is 2.36. The highest BCUT2D eigenvalue weighted by molar-refractivity contribution is 7.89. The zero-order valence-electron chi connectivity index (χ0n) is 16.8. The van der Waals surface area contributed by atoms with Crippen LogP contribution in [-0.4, -0.2) is 64.0 Å². The van der Waals surface area contributed by atoms with Gasteiger partial charge in [-0.2, -0.15) is 0 Å². The number of carbonyl (C=O) groups excluding carboxylic acids is 1. The summed E-state index contributed by atoms with van der Waals surface area (Å²) < 4.78 is 51.2. The van der Waals surface area contributed by atoms with Crippen molar-refractivity contribution in [2.24, 2.45) is 5.92 Å². The third-order valence-electron chi connectivity index (χ3n) is 5.60. The van der Waals surface area contributed by atoms with E-state index in [9.17, 15) is 22.7 Å². The molecule has 1 aromatic carbocycles. The fourth-order valence-corrected chi connectivity index (χ4v) is 4.87. The number of hydrogen-bond acceptors (Lipinski definition) is 6. The van der Waals surface area contributed by atoms with Crippen LogP contribution < -0.4 is 10.0 Å². The lowest BCUT2D eigenvalue weighted by atomic mass is 9.94. The van der Waals surface area contributed by atoms with Gasteiger partial charge in [-0.3, -0.25) is 4.79 Å². The zero-order chi connectivity index (χ0) is 21.6. The number of benzene rings is 1. The van der Waals surface area contributed by atoms with E-state index >= 15 is 0 Å². The van der Waals surface area contributed by atoms with Gasteiger partial charge in [0.2, 0.25) is 15.9 Å². The number of rotatable bonds is 8. The number of halogens is 1. The Kier molecular flexibility index (Phi) is 8.18. The Bertz CT molecular complexity index is 798. The Balaban J connectivity index is 1.45. The van der Waals surface area contributed by atoms with Crippen LogP contribution in [0.3, 0.4) is 0 Å². The van der Waals surface area contributed by atoms with Crippen LogP contribution in [0.1, 0.15) is 32.1 Å². The molecule has 0 unspecified atom stereocenters. The van der Waals surface area contributed by atoms with Gasteiger partial charge in [0.15, 0.2) is 0 Å². The zero-order valence-corrected chi connectivity index (χ0v) is 17.6. The maximum Gasteiger partial charge on any atom is 0.240 e. The third kappa shape index (κ3) is 6.21. The second kappa shape index (κ2) is 10.6. The second-order valence-electron chi connectivity index (χ2n) is 7.70. The lowest BCUT2D eigenvalue weighted by Crippen LogP contribution is -2.52. The van der Waals surface area contributed by atoms with E-state index < -0.39 is 21.9 Å². The molecular weight excluding hydrogens is 415 g/mol. The van der Waals surface area contributed by atoms with Crippen LogP contribution in [0.15, 0.2) is 29.2 Å². The van der Waals surface area contributed by atoms with Gasteiger partial charge in [-0.15, -0.1) is 0 Å². The van der Waals surface area contributed by atoms with Crippen molar-refractivity contribution in [1.82, 2.24) is 10.0 Å². The number of aliphatic hydroxyl groups is 1. The molecule has 168 valence electrons. The first kappa shape index (κ1) is 23.1. The first-order valence-corrected chi connectivity index (χ1v) is 11.8. The first-order chi connectivity index (χ1) is 14.4. The van der Waals surface area contributed by atoms with Gasteiger partial charge >= 0.3 is 0 Å². The van der Waals surface area contributed by atoms with Crippen molar-refractivity contribution in [1.29, 1.82) is 0 Å². The van der Waals surface area contributed by atoms with Gasteiger partial charge in [-0.25, -0.2) is 17.5 Å². The van der Waals surface area contributed by atoms with Crippen LogP contribution in [0.4, 0.5) is 4.39 Å². The van der Waals surface area contributed by atoms with Crippen LogP contribution in [0, 0.1) is 11.7 Å². The van der Waals surface area contributed by atoms with Gasteiger partial charge in [0.1, 0.15) is 11.9 Å². The van der Waals surface area contributed by atoms with E-state index in [-0.39, 0.29) is 42.0 Å². The Hall–Kier alpha value is -1.59. The Morgan fingerprint density at radius 1 is 1.13 bits per heavy atom. The Morgan fingerprint density at radius 2 is 1.83 bits per heavy atom. The Labute approximate surface area is 176 Å². The van der Waals surface area contributed by atoms with Crippen molar-refractivity contribution in [3.05, 3.63) is 30.1 Å². The molecule has 10 heteroatoms. The molecule has 0 radical (unpaired) electrons. The maximum atomic E-state index is 13.0. The third-order valence-corrected chi connectivity index (χ3v) is 7.07. The number of aliphatic hydroxyl groups excluding tert-OH is 1. The molecule has 0 aliphatic carbocycles. The fourth-order valence-electron chi connectivity index (χ4n) is 3.82. The van der Waals surface area contributed by atoms with Crippen molar-refractivity contribution >= 4 is 15.9 Å². The van der Waals surface area contributed by atoms with Crippen LogP contribution >= 0.6 is 0 Å². The molecule has 2 fully saturated rings. The smallest absolute Gasteiger partial charge is 0.240 e. The van der Waals surface area contributed by atoms with E-state index in [1.807, 2.05) is 0 Å². The molecule has 2 aliphatic heterocycles. The molecule has 3 rings (SSSR count). The highest BCUT2D eigenvalue weighted by Crippen LogP contribution is 2.23. The van der Waals surface area contributed by atoms with Crippen LogP contribution in [-0.2, 0) is 24.3 Å². The average molecular weight is 445 g/mol. The fraction of sp³-hybridized carbons (Fsp3) is 0.650. The van der Waals surface area contributed by atoms with E-state index in [2.05, 4.69) is 10.0 Å². The summed E-state index contributed by atoms with van der Waals surface area (Å²) in [6.45, 7) is 1.09. The summed E-state index contributed by atoms with van der Waals surface area (Å²) in [5, 5.41) is 12.7. The molecule has 0 spiro atoms. The summed E-state index contributed by atoms with van der Waals surface area (Å²) in [5.74, 6) is -0.606. The molecule has 0 aromatic heterocycles. The molecule has 30 heavy (non-hydrogen) atoms. The summed E-state index contributed by atoms with van der Waals surface area (Å²) in [6, 6.07) is 4.35. The molecule has 8 nitrogen and oxygen atoms in total. The van der Waals surface area contributed by atoms with Crippen molar-refractivity contribution in [3.8, 4) is 0 Å². The molecule has 3 atom stereocenters. The minimum absolute atomic E-state index is 0.00223. The van der Waals surface area contributed by atoms with Gasteiger partial charge in [-0.05, 0) is 56.4 Å². The van der Waals surface area contributed by atoms with E-state index in [1.165, 1.54) is 12.1 Å². The number of amides is 1. The molecule has 0 bridgehead atoms. The molecule has 0 saturated carbocycles. The van der Waals surface area contributed by atoms with Crippen molar-refractivity contribution in [3.63, 3.8) is 0 Å². The van der Waals surface area contributed by atoms with Gasteiger partial charge in [0.25, 0.3) is 0 Å². The highest BCUT2D eigenvalue weighted by Gasteiger charge is 2.33. The predicted molar refractivity (Wildman–Crippen MR) is 107 cm³/mol. The number of ether oxygens (including phenoxy) is 2. The molecular formula is C20H29FN2O6S. The minimum atomic E-state index is -3.72. The van der Waals surface area contributed by atoms with Crippen LogP contribution in [0.25, 0.3) is 0 Å². The second-order valence-corrected chi connectivity index (χ2v) is 9.47. The summed E-state index contributed by atoms with van der Waals surface area (Å²) >= 11 is 0. The van der Waals surface area contributed by atoms with Gasteiger partial charge in [0.05, 0.1) is 23.6 Å².